The molecular weight excluding hydrogens is 292 g/mol. The van der Waals surface area contributed by atoms with Crippen molar-refractivity contribution in [1.82, 2.24) is 4.72 Å². The standard InChI is InChI=1S/C14H22N2O2S2/c1-4-14(3,13(15)19)16-20(17,18)10-11(2)12-8-6-5-7-9-12/h5-9,11,16H,4,10H2,1-3H3,(H2,15,19). The average Bonchev–Trinajstić information content (AvgIpc) is 2.38. The van der Waals surface area contributed by atoms with Gasteiger partial charge in [-0.05, 0) is 24.8 Å². The Morgan fingerprint density at radius 1 is 1.40 bits per heavy atom. The summed E-state index contributed by atoms with van der Waals surface area (Å²) in [7, 11) is -3.46. The van der Waals surface area contributed by atoms with E-state index in [0.717, 1.165) is 5.56 Å². The SMILES string of the molecule is CCC(C)(NS(=O)(=O)CC(C)c1ccccc1)C(N)=S. The van der Waals surface area contributed by atoms with Crippen LogP contribution in [0.5, 0.6) is 0 Å². The Hall–Kier alpha value is -0.980. The van der Waals surface area contributed by atoms with E-state index in [1.54, 1.807) is 6.92 Å². The van der Waals surface area contributed by atoms with Crippen molar-refractivity contribution in [2.45, 2.75) is 38.6 Å². The van der Waals surface area contributed by atoms with Gasteiger partial charge in [0.2, 0.25) is 10.0 Å². The van der Waals surface area contributed by atoms with Crippen molar-refractivity contribution in [2.75, 3.05) is 5.75 Å². The minimum Gasteiger partial charge on any atom is -0.392 e. The first-order chi connectivity index (χ1) is 9.20. The molecule has 0 saturated carbocycles. The smallest absolute Gasteiger partial charge is 0.213 e. The second-order valence-electron chi connectivity index (χ2n) is 5.25. The molecule has 0 aliphatic rings. The van der Waals surface area contributed by atoms with Crippen molar-refractivity contribution in [2.24, 2.45) is 5.73 Å². The lowest BCUT2D eigenvalue weighted by Gasteiger charge is -2.28. The maximum Gasteiger partial charge on any atom is 0.213 e. The molecule has 0 bridgehead atoms. The summed E-state index contributed by atoms with van der Waals surface area (Å²) in [6, 6.07) is 9.55. The van der Waals surface area contributed by atoms with Gasteiger partial charge >= 0.3 is 0 Å². The van der Waals surface area contributed by atoms with Crippen molar-refractivity contribution in [3.8, 4) is 0 Å². The zero-order valence-corrected chi connectivity index (χ0v) is 13.7. The number of thiocarbonyl (C=S) groups is 1. The van der Waals surface area contributed by atoms with Crippen molar-refractivity contribution in [3.63, 3.8) is 0 Å². The Balaban J connectivity index is 2.83. The van der Waals surface area contributed by atoms with Crippen LogP contribution in [0, 0.1) is 0 Å². The fourth-order valence-corrected chi connectivity index (χ4v) is 4.02. The molecule has 0 heterocycles. The zero-order chi connectivity index (χ0) is 15.4. The van der Waals surface area contributed by atoms with Gasteiger partial charge in [-0.15, -0.1) is 0 Å². The number of sulfonamides is 1. The van der Waals surface area contributed by atoms with Gasteiger partial charge in [-0.2, -0.15) is 0 Å². The number of benzene rings is 1. The fraction of sp³-hybridized carbons (Fsp3) is 0.500. The van der Waals surface area contributed by atoms with Crippen LogP contribution in [0.25, 0.3) is 0 Å². The molecule has 0 amide bonds. The first-order valence-electron chi connectivity index (χ1n) is 6.56. The fourth-order valence-electron chi connectivity index (χ4n) is 1.89. The van der Waals surface area contributed by atoms with E-state index in [1.807, 2.05) is 44.2 Å². The lowest BCUT2D eigenvalue weighted by Crippen LogP contribution is -2.54. The highest BCUT2D eigenvalue weighted by molar-refractivity contribution is 7.89. The van der Waals surface area contributed by atoms with Crippen LogP contribution in [0.2, 0.25) is 0 Å². The monoisotopic (exact) mass is 314 g/mol. The summed E-state index contributed by atoms with van der Waals surface area (Å²) in [5.74, 6) is -0.0870. The third kappa shape index (κ3) is 4.54. The van der Waals surface area contributed by atoms with E-state index in [1.165, 1.54) is 0 Å². The van der Waals surface area contributed by atoms with Gasteiger partial charge in [0, 0.05) is 0 Å². The van der Waals surface area contributed by atoms with Crippen molar-refractivity contribution in [1.29, 1.82) is 0 Å². The predicted octanol–water partition coefficient (Wildman–Crippen LogP) is 2.16. The molecule has 1 rings (SSSR count). The van der Waals surface area contributed by atoms with Gasteiger partial charge in [0.15, 0.2) is 0 Å². The Labute approximate surface area is 126 Å². The van der Waals surface area contributed by atoms with Crippen LogP contribution in [-0.2, 0) is 10.0 Å². The molecule has 3 N–H and O–H groups in total. The summed E-state index contributed by atoms with van der Waals surface area (Å²) in [5, 5.41) is 0. The molecule has 4 nitrogen and oxygen atoms in total. The molecule has 1 aromatic rings. The van der Waals surface area contributed by atoms with Gasteiger partial charge in [-0.1, -0.05) is 56.4 Å². The number of nitrogens with two attached hydrogens (primary N) is 1. The molecule has 0 radical (unpaired) electrons. The topological polar surface area (TPSA) is 72.2 Å². The maximum absolute atomic E-state index is 12.3. The molecule has 112 valence electrons. The quantitative estimate of drug-likeness (QED) is 0.757. The van der Waals surface area contributed by atoms with Crippen LogP contribution in [-0.4, -0.2) is 24.7 Å². The second-order valence-corrected chi connectivity index (χ2v) is 7.45. The summed E-state index contributed by atoms with van der Waals surface area (Å²) in [6.07, 6.45) is 0.515. The summed E-state index contributed by atoms with van der Waals surface area (Å²) in [5.41, 5.74) is 5.76. The first kappa shape index (κ1) is 17.1. The summed E-state index contributed by atoms with van der Waals surface area (Å²) in [4.78, 5) is 0.163. The van der Waals surface area contributed by atoms with Crippen molar-refractivity contribution in [3.05, 3.63) is 35.9 Å². The van der Waals surface area contributed by atoms with Crippen LogP contribution in [0.15, 0.2) is 30.3 Å². The van der Waals surface area contributed by atoms with Crippen LogP contribution >= 0.6 is 12.2 Å². The lowest BCUT2D eigenvalue weighted by atomic mass is 10.0. The highest BCUT2D eigenvalue weighted by atomic mass is 32.2. The Morgan fingerprint density at radius 3 is 2.40 bits per heavy atom. The second kappa shape index (κ2) is 6.65. The minimum absolute atomic E-state index is 0.00914. The molecule has 0 aliphatic heterocycles. The van der Waals surface area contributed by atoms with Crippen LogP contribution < -0.4 is 10.5 Å². The molecule has 6 heteroatoms. The van der Waals surface area contributed by atoms with Crippen molar-refractivity contribution >= 4 is 27.2 Å². The normalized spacial score (nSPS) is 16.4. The van der Waals surface area contributed by atoms with Crippen LogP contribution in [0.3, 0.4) is 0 Å². The molecule has 2 unspecified atom stereocenters. The average molecular weight is 314 g/mol. The molecule has 20 heavy (non-hydrogen) atoms. The van der Waals surface area contributed by atoms with E-state index in [2.05, 4.69) is 4.72 Å². The Kier molecular flexibility index (Phi) is 5.68. The zero-order valence-electron chi connectivity index (χ0n) is 12.1. The van der Waals surface area contributed by atoms with Gasteiger partial charge in [-0.3, -0.25) is 0 Å². The summed E-state index contributed by atoms with van der Waals surface area (Å²) < 4.78 is 27.2. The van der Waals surface area contributed by atoms with Gasteiger partial charge in [0.25, 0.3) is 0 Å². The predicted molar refractivity (Wildman–Crippen MR) is 87.3 cm³/mol. The number of hydrogen-bond acceptors (Lipinski definition) is 3. The Morgan fingerprint density at radius 2 is 1.95 bits per heavy atom. The molecule has 1 aromatic carbocycles. The largest absolute Gasteiger partial charge is 0.392 e. The van der Waals surface area contributed by atoms with E-state index in [0.29, 0.717) is 6.42 Å². The first-order valence-corrected chi connectivity index (χ1v) is 8.63. The van der Waals surface area contributed by atoms with Gasteiger partial charge in [0.05, 0.1) is 16.3 Å². The molecule has 0 saturated heterocycles. The van der Waals surface area contributed by atoms with E-state index < -0.39 is 15.6 Å². The number of hydrogen-bond donors (Lipinski definition) is 2. The third-order valence-corrected chi connectivity index (χ3v) is 5.62. The highest BCUT2D eigenvalue weighted by Gasteiger charge is 2.31. The van der Waals surface area contributed by atoms with E-state index in [9.17, 15) is 8.42 Å². The molecule has 0 aliphatic carbocycles. The maximum atomic E-state index is 12.3. The molecule has 0 aromatic heterocycles. The Bertz CT molecular complexity index is 558. The molecule has 0 spiro atoms. The summed E-state index contributed by atoms with van der Waals surface area (Å²) in [6.45, 7) is 5.45. The van der Waals surface area contributed by atoms with E-state index >= 15 is 0 Å². The molecule has 2 atom stereocenters. The van der Waals surface area contributed by atoms with Gasteiger partial charge < -0.3 is 5.73 Å². The highest BCUT2D eigenvalue weighted by Crippen LogP contribution is 2.18. The van der Waals surface area contributed by atoms with Crippen molar-refractivity contribution < 1.29 is 8.42 Å². The van der Waals surface area contributed by atoms with E-state index in [4.69, 9.17) is 18.0 Å². The van der Waals surface area contributed by atoms with E-state index in [-0.39, 0.29) is 16.7 Å². The van der Waals surface area contributed by atoms with Gasteiger partial charge in [0.1, 0.15) is 0 Å². The third-order valence-electron chi connectivity index (χ3n) is 3.47. The summed E-state index contributed by atoms with van der Waals surface area (Å²) >= 11 is 4.96. The number of rotatable bonds is 7. The minimum atomic E-state index is -3.46. The number of nitrogens with one attached hydrogen (secondary N) is 1. The van der Waals surface area contributed by atoms with Gasteiger partial charge in [-0.25, -0.2) is 13.1 Å². The molecule has 0 fully saturated rings. The van der Waals surface area contributed by atoms with Crippen LogP contribution in [0.1, 0.15) is 38.7 Å². The molecular formula is C14H22N2O2S2. The lowest BCUT2D eigenvalue weighted by molar-refractivity contribution is 0.509. The van der Waals surface area contributed by atoms with Crippen LogP contribution in [0.4, 0.5) is 0 Å².